The fourth-order valence-corrected chi connectivity index (χ4v) is 4.06. The van der Waals surface area contributed by atoms with E-state index >= 15 is 0 Å². The molecule has 0 saturated carbocycles. The first kappa shape index (κ1) is 19.2. The van der Waals surface area contributed by atoms with E-state index in [0.29, 0.717) is 25.3 Å². The average Bonchev–Trinajstić information content (AvgIpc) is 3.01. The molecule has 1 aliphatic rings. The molecule has 4 rings (SSSR count). The molecule has 7 nitrogen and oxygen atoms in total. The van der Waals surface area contributed by atoms with Crippen molar-refractivity contribution in [1.82, 2.24) is 14.8 Å². The zero-order valence-corrected chi connectivity index (χ0v) is 17.4. The molecule has 152 valence electrons. The second-order valence-electron chi connectivity index (χ2n) is 7.18. The molecule has 0 unspecified atom stereocenters. The van der Waals surface area contributed by atoms with Crippen molar-refractivity contribution < 1.29 is 14.3 Å². The summed E-state index contributed by atoms with van der Waals surface area (Å²) in [5.41, 5.74) is 5.48. The number of esters is 1. The molecule has 0 spiro atoms. The number of carbonyl (C=O) groups is 1. The topological polar surface area (TPSA) is 69.5 Å². The third kappa shape index (κ3) is 3.41. The molecule has 0 N–H and O–H groups in total. The van der Waals surface area contributed by atoms with Gasteiger partial charge in [0.15, 0.2) is 5.65 Å². The Bertz CT molecular complexity index is 1070. The molecule has 1 aliphatic heterocycles. The Kier molecular flexibility index (Phi) is 5.13. The highest BCUT2D eigenvalue weighted by atomic mass is 16.5. The van der Waals surface area contributed by atoms with Gasteiger partial charge in [-0.05, 0) is 50.5 Å². The molecule has 0 fully saturated rings. The number of nitrogens with zero attached hydrogens (tertiary/aromatic N) is 4. The Labute approximate surface area is 170 Å². The number of hydrogen-bond donors (Lipinski definition) is 0. The Morgan fingerprint density at radius 3 is 2.79 bits per heavy atom. The van der Waals surface area contributed by atoms with E-state index in [0.717, 1.165) is 41.1 Å². The molecule has 0 saturated heterocycles. The molecule has 0 atom stereocenters. The Balaban J connectivity index is 1.83. The van der Waals surface area contributed by atoms with Gasteiger partial charge < -0.3 is 14.4 Å². The highest BCUT2D eigenvalue weighted by Gasteiger charge is 2.27. The molecule has 0 amide bonds. The smallest absolute Gasteiger partial charge is 0.341 e. The lowest BCUT2D eigenvalue weighted by molar-refractivity contribution is 0.0526. The lowest BCUT2D eigenvalue weighted by Gasteiger charge is -2.32. The summed E-state index contributed by atoms with van der Waals surface area (Å²) in [6.07, 6.45) is 2.51. The van der Waals surface area contributed by atoms with Gasteiger partial charge in [0.1, 0.15) is 11.3 Å². The summed E-state index contributed by atoms with van der Waals surface area (Å²) < 4.78 is 12.8. The molecule has 2 aromatic heterocycles. The molecule has 0 bridgehead atoms. The minimum atomic E-state index is -0.353. The zero-order chi connectivity index (χ0) is 20.5. The quantitative estimate of drug-likeness (QED) is 0.618. The van der Waals surface area contributed by atoms with Crippen LogP contribution in [0.4, 0.5) is 5.69 Å². The third-order valence-electron chi connectivity index (χ3n) is 5.31. The SMILES string of the molecule is CCOC(=O)c1cnc2c(c(C)nn2C)c1N1CCc2ccc(OCC)cc2C1. The number of fused-ring (bicyclic) bond motifs is 2. The summed E-state index contributed by atoms with van der Waals surface area (Å²) in [4.78, 5) is 19.5. The van der Waals surface area contributed by atoms with Crippen LogP contribution in [0.25, 0.3) is 11.0 Å². The number of pyridine rings is 1. The van der Waals surface area contributed by atoms with Gasteiger partial charge >= 0.3 is 5.97 Å². The first-order valence-corrected chi connectivity index (χ1v) is 10.0. The zero-order valence-electron chi connectivity index (χ0n) is 17.4. The summed E-state index contributed by atoms with van der Waals surface area (Å²) in [5.74, 6) is 0.519. The molecular weight excluding hydrogens is 368 g/mol. The minimum Gasteiger partial charge on any atom is -0.494 e. The average molecular weight is 394 g/mol. The number of ether oxygens (including phenoxy) is 2. The van der Waals surface area contributed by atoms with E-state index in [4.69, 9.17) is 9.47 Å². The number of anilines is 1. The van der Waals surface area contributed by atoms with Crippen molar-refractivity contribution >= 4 is 22.7 Å². The van der Waals surface area contributed by atoms with Crippen LogP contribution in [0.3, 0.4) is 0 Å². The fourth-order valence-electron chi connectivity index (χ4n) is 4.06. The van der Waals surface area contributed by atoms with Crippen LogP contribution in [0.5, 0.6) is 5.75 Å². The van der Waals surface area contributed by atoms with E-state index < -0.39 is 0 Å². The van der Waals surface area contributed by atoms with Gasteiger partial charge in [0.05, 0.1) is 30.0 Å². The number of carbonyl (C=O) groups excluding carboxylic acids is 1. The lowest BCUT2D eigenvalue weighted by atomic mass is 9.97. The van der Waals surface area contributed by atoms with Crippen LogP contribution in [-0.4, -0.2) is 40.5 Å². The highest BCUT2D eigenvalue weighted by Crippen LogP contribution is 2.36. The summed E-state index contributed by atoms with van der Waals surface area (Å²) in [5, 5.41) is 5.44. The van der Waals surface area contributed by atoms with Gasteiger partial charge in [-0.2, -0.15) is 5.10 Å². The molecule has 7 heteroatoms. The van der Waals surface area contributed by atoms with Crippen LogP contribution >= 0.6 is 0 Å². The van der Waals surface area contributed by atoms with Crippen molar-refractivity contribution in [2.75, 3.05) is 24.7 Å². The lowest BCUT2D eigenvalue weighted by Crippen LogP contribution is -2.32. The van der Waals surface area contributed by atoms with Crippen molar-refractivity contribution in [1.29, 1.82) is 0 Å². The van der Waals surface area contributed by atoms with Crippen LogP contribution in [0.1, 0.15) is 41.0 Å². The maximum Gasteiger partial charge on any atom is 0.341 e. The van der Waals surface area contributed by atoms with Crippen LogP contribution in [-0.2, 0) is 24.8 Å². The number of rotatable bonds is 5. The molecule has 1 aromatic carbocycles. The van der Waals surface area contributed by atoms with E-state index in [1.807, 2.05) is 33.9 Å². The minimum absolute atomic E-state index is 0.322. The van der Waals surface area contributed by atoms with E-state index in [9.17, 15) is 4.79 Å². The maximum absolute atomic E-state index is 12.7. The Morgan fingerprint density at radius 2 is 2.03 bits per heavy atom. The first-order chi connectivity index (χ1) is 14.0. The van der Waals surface area contributed by atoms with Gasteiger partial charge in [-0.25, -0.2) is 9.78 Å². The number of hydrogen-bond acceptors (Lipinski definition) is 6. The van der Waals surface area contributed by atoms with E-state index in [-0.39, 0.29) is 5.97 Å². The van der Waals surface area contributed by atoms with Gasteiger partial charge in [0.25, 0.3) is 0 Å². The number of benzene rings is 1. The molecule has 29 heavy (non-hydrogen) atoms. The van der Waals surface area contributed by atoms with E-state index in [1.165, 1.54) is 11.1 Å². The Morgan fingerprint density at radius 1 is 1.21 bits per heavy atom. The van der Waals surface area contributed by atoms with Gasteiger partial charge in [0.2, 0.25) is 0 Å². The third-order valence-corrected chi connectivity index (χ3v) is 5.31. The molecule has 0 aliphatic carbocycles. The van der Waals surface area contributed by atoms with Gasteiger partial charge in [-0.3, -0.25) is 4.68 Å². The fraction of sp³-hybridized carbons (Fsp3) is 0.409. The monoisotopic (exact) mass is 394 g/mol. The van der Waals surface area contributed by atoms with Crippen molar-refractivity contribution in [2.45, 2.75) is 33.7 Å². The summed E-state index contributed by atoms with van der Waals surface area (Å²) >= 11 is 0. The summed E-state index contributed by atoms with van der Waals surface area (Å²) in [7, 11) is 1.87. The number of aryl methyl sites for hydroxylation is 2. The molecule has 3 heterocycles. The normalized spacial score (nSPS) is 13.4. The van der Waals surface area contributed by atoms with Gasteiger partial charge in [-0.15, -0.1) is 0 Å². The molecule has 0 radical (unpaired) electrons. The number of aromatic nitrogens is 3. The summed E-state index contributed by atoms with van der Waals surface area (Å²) in [6.45, 7) is 8.20. The maximum atomic E-state index is 12.7. The predicted molar refractivity (Wildman–Crippen MR) is 112 cm³/mol. The largest absolute Gasteiger partial charge is 0.494 e. The van der Waals surface area contributed by atoms with Crippen LogP contribution < -0.4 is 9.64 Å². The molecular formula is C22H26N4O3. The second-order valence-corrected chi connectivity index (χ2v) is 7.18. The summed E-state index contributed by atoms with van der Waals surface area (Å²) in [6, 6.07) is 6.27. The van der Waals surface area contributed by atoms with Gasteiger partial charge in [0, 0.05) is 26.3 Å². The highest BCUT2D eigenvalue weighted by molar-refractivity contribution is 6.05. The Hall–Kier alpha value is -3.09. The van der Waals surface area contributed by atoms with Crippen LogP contribution in [0, 0.1) is 6.92 Å². The van der Waals surface area contributed by atoms with Crippen molar-refractivity contribution in [3.8, 4) is 5.75 Å². The van der Waals surface area contributed by atoms with Gasteiger partial charge in [-0.1, -0.05) is 6.07 Å². The van der Waals surface area contributed by atoms with Crippen LogP contribution in [0.15, 0.2) is 24.4 Å². The van der Waals surface area contributed by atoms with Crippen molar-refractivity contribution in [2.24, 2.45) is 7.05 Å². The predicted octanol–water partition coefficient (Wildman–Crippen LogP) is 3.41. The van der Waals surface area contributed by atoms with Crippen molar-refractivity contribution in [3.05, 3.63) is 46.8 Å². The van der Waals surface area contributed by atoms with Crippen molar-refractivity contribution in [3.63, 3.8) is 0 Å². The van der Waals surface area contributed by atoms with Crippen LogP contribution in [0.2, 0.25) is 0 Å². The molecule has 3 aromatic rings. The second kappa shape index (κ2) is 7.73. The first-order valence-electron chi connectivity index (χ1n) is 10.0. The van der Waals surface area contributed by atoms with E-state index in [1.54, 1.807) is 10.9 Å². The van der Waals surface area contributed by atoms with E-state index in [2.05, 4.69) is 27.1 Å². The standard InChI is InChI=1S/C22H26N4O3/c1-5-28-17-8-7-15-9-10-26(13-16(15)11-17)20-18(22(27)29-6-2)12-23-21-19(20)14(3)24-25(21)4/h7-8,11-12H,5-6,9-10,13H2,1-4H3.